The van der Waals surface area contributed by atoms with Crippen molar-refractivity contribution in [3.63, 3.8) is 0 Å². The molecule has 2 rings (SSSR count). The molecule has 1 atom stereocenters. The van der Waals surface area contributed by atoms with Gasteiger partial charge in [0.05, 0.1) is 12.9 Å². The van der Waals surface area contributed by atoms with Gasteiger partial charge in [0.15, 0.2) is 0 Å². The summed E-state index contributed by atoms with van der Waals surface area (Å²) in [6.45, 7) is 5.33. The molecule has 1 unspecified atom stereocenters. The van der Waals surface area contributed by atoms with Crippen molar-refractivity contribution in [2.24, 2.45) is 5.41 Å². The fourth-order valence-electron chi connectivity index (χ4n) is 3.33. The summed E-state index contributed by atoms with van der Waals surface area (Å²) in [6.07, 6.45) is 9.96. The van der Waals surface area contributed by atoms with Crippen molar-refractivity contribution in [1.82, 2.24) is 0 Å². The molecule has 0 radical (unpaired) electrons. The summed E-state index contributed by atoms with van der Waals surface area (Å²) in [6, 6.07) is 10.4. The molecule has 0 amide bonds. The zero-order valence-corrected chi connectivity index (χ0v) is 15.0. The van der Waals surface area contributed by atoms with Crippen LogP contribution in [0, 0.1) is 5.41 Å². The number of rotatable bonds is 7. The molecule has 0 N–H and O–H groups in total. The molecule has 1 aliphatic rings. The van der Waals surface area contributed by atoms with E-state index in [2.05, 4.69) is 49.9 Å². The van der Waals surface area contributed by atoms with Crippen LogP contribution in [0.5, 0.6) is 0 Å². The van der Waals surface area contributed by atoms with Gasteiger partial charge in [0.1, 0.15) is 0 Å². The molecule has 0 aliphatic carbocycles. The highest BCUT2D eigenvalue weighted by Gasteiger charge is 2.28. The van der Waals surface area contributed by atoms with E-state index >= 15 is 0 Å². The van der Waals surface area contributed by atoms with Crippen LogP contribution in [0.25, 0.3) is 5.57 Å². The second-order valence-corrected chi connectivity index (χ2v) is 7.69. The lowest BCUT2D eigenvalue weighted by Gasteiger charge is -2.31. The van der Waals surface area contributed by atoms with E-state index in [0.717, 1.165) is 6.61 Å². The number of hydrogen-bond donors (Lipinski definition) is 0. The van der Waals surface area contributed by atoms with Crippen LogP contribution >= 0.6 is 11.8 Å². The second kappa shape index (κ2) is 9.29. The fraction of sp³-hybridized carbons (Fsp3) is 0.600. The van der Waals surface area contributed by atoms with Crippen LogP contribution in [-0.2, 0) is 4.74 Å². The minimum atomic E-state index is 0.588. The largest absolute Gasteiger partial charge is 0.501 e. The first-order valence-electron chi connectivity index (χ1n) is 8.67. The van der Waals surface area contributed by atoms with Gasteiger partial charge in [-0.05, 0) is 67.1 Å². The van der Waals surface area contributed by atoms with Crippen LogP contribution in [0.4, 0.5) is 0 Å². The standard InChI is InChI=1S/C20H30OS/c1-3-20(12-8-15-22-16-13-20)11-7-14-21-17-18(2)19-9-5-4-6-10-19/h4-6,9-10,17H,3,7-8,11-16H2,1-2H3/b18-17-. The Labute approximate surface area is 140 Å². The number of benzene rings is 1. The summed E-state index contributed by atoms with van der Waals surface area (Å²) >= 11 is 2.14. The van der Waals surface area contributed by atoms with Gasteiger partial charge in [-0.3, -0.25) is 0 Å². The van der Waals surface area contributed by atoms with Crippen molar-refractivity contribution in [2.75, 3.05) is 18.1 Å². The summed E-state index contributed by atoms with van der Waals surface area (Å²) in [5.74, 6) is 2.71. The molecule has 1 aliphatic heterocycles. The van der Waals surface area contributed by atoms with Crippen molar-refractivity contribution in [1.29, 1.82) is 0 Å². The zero-order valence-electron chi connectivity index (χ0n) is 14.1. The maximum atomic E-state index is 5.79. The third kappa shape index (κ3) is 5.39. The Balaban J connectivity index is 1.74. The van der Waals surface area contributed by atoms with Crippen molar-refractivity contribution in [3.8, 4) is 0 Å². The second-order valence-electron chi connectivity index (χ2n) is 6.46. The molecular formula is C20H30OS. The number of allylic oxidation sites excluding steroid dienone is 1. The lowest BCUT2D eigenvalue weighted by molar-refractivity contribution is 0.176. The van der Waals surface area contributed by atoms with Gasteiger partial charge in [-0.2, -0.15) is 11.8 Å². The number of thioether (sulfide) groups is 1. The van der Waals surface area contributed by atoms with Crippen molar-refractivity contribution >= 4 is 17.3 Å². The molecule has 1 aromatic rings. The van der Waals surface area contributed by atoms with Crippen LogP contribution in [0.3, 0.4) is 0 Å². The molecular weight excluding hydrogens is 288 g/mol. The molecule has 1 heterocycles. The topological polar surface area (TPSA) is 9.23 Å². The summed E-state index contributed by atoms with van der Waals surface area (Å²) in [4.78, 5) is 0. The summed E-state index contributed by atoms with van der Waals surface area (Å²) in [5, 5.41) is 0. The predicted octanol–water partition coefficient (Wildman–Crippen LogP) is 6.16. The van der Waals surface area contributed by atoms with Crippen molar-refractivity contribution in [2.45, 2.75) is 52.4 Å². The summed E-state index contributed by atoms with van der Waals surface area (Å²) in [5.41, 5.74) is 3.04. The molecule has 1 aromatic carbocycles. The third-order valence-corrected chi connectivity index (χ3v) is 6.05. The first kappa shape index (κ1) is 17.5. The van der Waals surface area contributed by atoms with Gasteiger partial charge in [-0.15, -0.1) is 0 Å². The first-order chi connectivity index (χ1) is 10.8. The SMILES string of the molecule is CCC1(CCCO/C=C(/C)c2ccccc2)CCCSCC1. The lowest BCUT2D eigenvalue weighted by Crippen LogP contribution is -2.20. The molecule has 122 valence electrons. The van der Waals surface area contributed by atoms with E-state index in [4.69, 9.17) is 4.74 Å². The Hall–Kier alpha value is -0.890. The van der Waals surface area contributed by atoms with Crippen molar-refractivity contribution in [3.05, 3.63) is 42.2 Å². The molecule has 0 bridgehead atoms. The van der Waals surface area contributed by atoms with E-state index in [1.165, 1.54) is 61.2 Å². The Kier molecular flexibility index (Phi) is 7.38. The molecule has 1 fully saturated rings. The van der Waals surface area contributed by atoms with E-state index in [1.54, 1.807) is 0 Å². The Morgan fingerprint density at radius 1 is 1.23 bits per heavy atom. The maximum Gasteiger partial charge on any atom is 0.0873 e. The van der Waals surface area contributed by atoms with E-state index < -0.39 is 0 Å². The van der Waals surface area contributed by atoms with Gasteiger partial charge in [0.2, 0.25) is 0 Å². The van der Waals surface area contributed by atoms with Crippen LogP contribution in [0.15, 0.2) is 36.6 Å². The van der Waals surface area contributed by atoms with Gasteiger partial charge in [-0.1, -0.05) is 43.7 Å². The van der Waals surface area contributed by atoms with E-state index in [9.17, 15) is 0 Å². The minimum absolute atomic E-state index is 0.588. The van der Waals surface area contributed by atoms with Gasteiger partial charge in [0, 0.05) is 0 Å². The van der Waals surface area contributed by atoms with Crippen molar-refractivity contribution < 1.29 is 4.74 Å². The highest BCUT2D eigenvalue weighted by atomic mass is 32.2. The van der Waals surface area contributed by atoms with E-state index in [1.807, 2.05) is 12.3 Å². The van der Waals surface area contributed by atoms with Crippen LogP contribution in [0.1, 0.15) is 57.9 Å². The summed E-state index contributed by atoms with van der Waals surface area (Å²) in [7, 11) is 0. The molecule has 0 saturated carbocycles. The number of hydrogen-bond acceptors (Lipinski definition) is 2. The fourth-order valence-corrected chi connectivity index (χ4v) is 4.46. The maximum absolute atomic E-state index is 5.79. The van der Waals surface area contributed by atoms with Gasteiger partial charge >= 0.3 is 0 Å². The van der Waals surface area contributed by atoms with Crippen LogP contribution in [0.2, 0.25) is 0 Å². The molecule has 22 heavy (non-hydrogen) atoms. The summed E-state index contributed by atoms with van der Waals surface area (Å²) < 4.78 is 5.79. The Bertz CT molecular complexity index is 444. The lowest BCUT2D eigenvalue weighted by atomic mass is 9.75. The highest BCUT2D eigenvalue weighted by molar-refractivity contribution is 7.99. The smallest absolute Gasteiger partial charge is 0.0873 e. The zero-order chi connectivity index (χ0) is 15.7. The number of ether oxygens (including phenoxy) is 1. The van der Waals surface area contributed by atoms with Crippen LogP contribution in [-0.4, -0.2) is 18.1 Å². The highest BCUT2D eigenvalue weighted by Crippen LogP contribution is 2.40. The average molecular weight is 319 g/mol. The monoisotopic (exact) mass is 318 g/mol. The third-order valence-electron chi connectivity index (χ3n) is 4.98. The van der Waals surface area contributed by atoms with Gasteiger partial charge in [-0.25, -0.2) is 0 Å². The normalized spacial score (nSPS) is 23.1. The van der Waals surface area contributed by atoms with E-state index in [-0.39, 0.29) is 0 Å². The predicted molar refractivity (Wildman–Crippen MR) is 99.2 cm³/mol. The first-order valence-corrected chi connectivity index (χ1v) is 9.83. The van der Waals surface area contributed by atoms with Gasteiger partial charge < -0.3 is 4.74 Å². The Morgan fingerprint density at radius 2 is 2.05 bits per heavy atom. The molecule has 2 heteroatoms. The van der Waals surface area contributed by atoms with Gasteiger partial charge in [0.25, 0.3) is 0 Å². The minimum Gasteiger partial charge on any atom is -0.501 e. The van der Waals surface area contributed by atoms with Crippen LogP contribution < -0.4 is 0 Å². The quantitative estimate of drug-likeness (QED) is 0.440. The molecule has 1 saturated heterocycles. The molecule has 0 aromatic heterocycles. The average Bonchev–Trinajstić information content (AvgIpc) is 2.81. The Morgan fingerprint density at radius 3 is 2.82 bits per heavy atom. The van der Waals surface area contributed by atoms with E-state index in [0.29, 0.717) is 5.41 Å². The molecule has 1 nitrogen and oxygen atoms in total. The molecule has 0 spiro atoms.